The lowest BCUT2D eigenvalue weighted by Gasteiger charge is -2.12. The van der Waals surface area contributed by atoms with Gasteiger partial charge in [0, 0.05) is 5.70 Å². The van der Waals surface area contributed by atoms with Gasteiger partial charge in [0.05, 0.1) is 0 Å². The normalized spacial score (nSPS) is 12.8. The van der Waals surface area contributed by atoms with Crippen molar-refractivity contribution in [2.24, 2.45) is 0 Å². The molecule has 0 radical (unpaired) electrons. The van der Waals surface area contributed by atoms with Gasteiger partial charge in [-0.15, -0.1) is 0 Å². The molecule has 0 amide bonds. The summed E-state index contributed by atoms with van der Waals surface area (Å²) in [4.78, 5) is 0. The van der Waals surface area contributed by atoms with E-state index in [0.717, 1.165) is 18.5 Å². The van der Waals surface area contributed by atoms with Crippen molar-refractivity contribution in [2.75, 3.05) is 0 Å². The summed E-state index contributed by atoms with van der Waals surface area (Å²) in [5.41, 5.74) is 2.30. The molecule has 1 aliphatic rings. The second-order valence-corrected chi connectivity index (χ2v) is 2.41. The van der Waals surface area contributed by atoms with Crippen molar-refractivity contribution >= 4 is 0 Å². The highest BCUT2D eigenvalue weighted by Gasteiger charge is 2.02. The fourth-order valence-electron chi connectivity index (χ4n) is 1.14. The van der Waals surface area contributed by atoms with E-state index in [1.165, 1.54) is 5.57 Å². The zero-order valence-corrected chi connectivity index (χ0v) is 10.6. The van der Waals surface area contributed by atoms with Gasteiger partial charge in [0.15, 0.2) is 0 Å². The Morgan fingerprint density at radius 1 is 1.07 bits per heavy atom. The number of allylic oxidation sites excluding steroid dienone is 3. The maximum absolute atomic E-state index is 3.73. The number of hydrogen-bond acceptors (Lipinski definition) is 1. The van der Waals surface area contributed by atoms with Gasteiger partial charge in [-0.1, -0.05) is 59.1 Å². The van der Waals surface area contributed by atoms with Crippen LogP contribution in [0.4, 0.5) is 0 Å². The summed E-state index contributed by atoms with van der Waals surface area (Å²) in [7, 11) is 0. The van der Waals surface area contributed by atoms with Crippen LogP contribution in [0.3, 0.4) is 0 Å². The number of nitrogens with one attached hydrogen (secondary N) is 1. The van der Waals surface area contributed by atoms with Gasteiger partial charge in [0.2, 0.25) is 0 Å². The SMILES string of the molecule is C=CNC1=CCCC=C1C=C.CC.CC. The van der Waals surface area contributed by atoms with Gasteiger partial charge in [-0.2, -0.15) is 0 Å². The van der Waals surface area contributed by atoms with Crippen LogP contribution in [0.5, 0.6) is 0 Å². The van der Waals surface area contributed by atoms with Crippen LogP contribution in [0.15, 0.2) is 48.9 Å². The molecule has 86 valence electrons. The summed E-state index contributed by atoms with van der Waals surface area (Å²) in [5, 5.41) is 3.07. The van der Waals surface area contributed by atoms with Crippen LogP contribution in [0.2, 0.25) is 0 Å². The molecule has 0 aromatic heterocycles. The van der Waals surface area contributed by atoms with Crippen molar-refractivity contribution in [3.8, 4) is 0 Å². The van der Waals surface area contributed by atoms with E-state index in [2.05, 4.69) is 30.6 Å². The van der Waals surface area contributed by atoms with Crippen LogP contribution in [0.1, 0.15) is 40.5 Å². The molecule has 1 N–H and O–H groups in total. The molecule has 0 unspecified atom stereocenters. The van der Waals surface area contributed by atoms with Gasteiger partial charge in [0.1, 0.15) is 0 Å². The van der Waals surface area contributed by atoms with E-state index in [4.69, 9.17) is 0 Å². The molecule has 0 saturated heterocycles. The molecule has 1 heteroatoms. The smallest absolute Gasteiger partial charge is 0.0409 e. The third-order valence-electron chi connectivity index (χ3n) is 1.67. The van der Waals surface area contributed by atoms with Gasteiger partial charge in [0.25, 0.3) is 0 Å². The number of rotatable bonds is 3. The third-order valence-corrected chi connectivity index (χ3v) is 1.67. The maximum Gasteiger partial charge on any atom is 0.0409 e. The Morgan fingerprint density at radius 2 is 1.60 bits per heavy atom. The first-order chi connectivity index (χ1) is 7.38. The first kappa shape index (κ1) is 16.2. The standard InChI is InChI=1S/C10H13N.2C2H6/c1-3-9-7-5-6-8-10(9)11-4-2;2*1-2/h3-4,7-8,11H,1-2,5-6H2;2*1-2H3. The zero-order valence-electron chi connectivity index (χ0n) is 10.6. The molecule has 0 aromatic rings. The number of hydrogen-bond donors (Lipinski definition) is 1. The molecule has 1 aliphatic carbocycles. The Morgan fingerprint density at radius 3 is 2.07 bits per heavy atom. The van der Waals surface area contributed by atoms with Crippen LogP contribution in [0.25, 0.3) is 0 Å². The highest BCUT2D eigenvalue weighted by atomic mass is 14.8. The Kier molecular flexibility index (Phi) is 13.8. The average Bonchev–Trinajstić information content (AvgIpc) is 2.35. The van der Waals surface area contributed by atoms with E-state index in [1.807, 2.05) is 33.8 Å². The first-order valence-corrected chi connectivity index (χ1v) is 5.79. The first-order valence-electron chi connectivity index (χ1n) is 5.79. The van der Waals surface area contributed by atoms with E-state index >= 15 is 0 Å². The fraction of sp³-hybridized carbons (Fsp3) is 0.429. The van der Waals surface area contributed by atoms with E-state index in [0.29, 0.717) is 0 Å². The van der Waals surface area contributed by atoms with E-state index in [9.17, 15) is 0 Å². The molecule has 0 fully saturated rings. The summed E-state index contributed by atoms with van der Waals surface area (Å²) in [6.45, 7) is 15.3. The van der Waals surface area contributed by atoms with Crippen LogP contribution >= 0.6 is 0 Å². The molecule has 0 aromatic carbocycles. The van der Waals surface area contributed by atoms with Crippen LogP contribution < -0.4 is 5.32 Å². The van der Waals surface area contributed by atoms with Crippen molar-refractivity contribution in [1.82, 2.24) is 5.32 Å². The van der Waals surface area contributed by atoms with Crippen molar-refractivity contribution in [3.05, 3.63) is 48.9 Å². The highest BCUT2D eigenvalue weighted by molar-refractivity contribution is 5.40. The predicted molar refractivity (Wildman–Crippen MR) is 71.6 cm³/mol. The van der Waals surface area contributed by atoms with Crippen LogP contribution in [-0.4, -0.2) is 0 Å². The lowest BCUT2D eigenvalue weighted by Crippen LogP contribution is -2.07. The average molecular weight is 207 g/mol. The van der Waals surface area contributed by atoms with E-state index in [1.54, 1.807) is 6.20 Å². The molecule has 0 bridgehead atoms. The molecule has 15 heavy (non-hydrogen) atoms. The predicted octanol–water partition coefficient (Wildman–Crippen LogP) is 4.56. The topological polar surface area (TPSA) is 12.0 Å². The van der Waals surface area contributed by atoms with Gasteiger partial charge in [-0.25, -0.2) is 0 Å². The second kappa shape index (κ2) is 12.8. The maximum atomic E-state index is 3.73. The molecular weight excluding hydrogens is 182 g/mol. The van der Waals surface area contributed by atoms with Gasteiger partial charge >= 0.3 is 0 Å². The Labute approximate surface area is 95.3 Å². The van der Waals surface area contributed by atoms with Crippen LogP contribution in [0, 0.1) is 0 Å². The van der Waals surface area contributed by atoms with Crippen molar-refractivity contribution in [1.29, 1.82) is 0 Å². The van der Waals surface area contributed by atoms with Gasteiger partial charge in [-0.3, -0.25) is 0 Å². The summed E-state index contributed by atoms with van der Waals surface area (Å²) >= 11 is 0. The fourth-order valence-corrected chi connectivity index (χ4v) is 1.14. The lowest BCUT2D eigenvalue weighted by molar-refractivity contribution is 0.950. The molecule has 0 spiro atoms. The highest BCUT2D eigenvalue weighted by Crippen LogP contribution is 2.16. The Bertz CT molecular complexity index is 221. The molecular formula is C14H25N. The minimum absolute atomic E-state index is 1.10. The minimum Gasteiger partial charge on any atom is -0.362 e. The second-order valence-electron chi connectivity index (χ2n) is 2.41. The molecule has 0 saturated carbocycles. The van der Waals surface area contributed by atoms with Crippen molar-refractivity contribution < 1.29 is 0 Å². The monoisotopic (exact) mass is 207 g/mol. The van der Waals surface area contributed by atoms with E-state index in [-0.39, 0.29) is 0 Å². The third kappa shape index (κ3) is 6.78. The summed E-state index contributed by atoms with van der Waals surface area (Å²) in [5.74, 6) is 0. The van der Waals surface area contributed by atoms with Gasteiger partial charge < -0.3 is 5.32 Å². The van der Waals surface area contributed by atoms with E-state index < -0.39 is 0 Å². The Hall–Kier alpha value is -1.24. The lowest BCUT2D eigenvalue weighted by atomic mass is 10.0. The quantitative estimate of drug-likeness (QED) is 0.715. The minimum atomic E-state index is 1.10. The molecule has 0 heterocycles. The van der Waals surface area contributed by atoms with Crippen LogP contribution in [-0.2, 0) is 0 Å². The molecule has 0 aliphatic heterocycles. The van der Waals surface area contributed by atoms with Crippen molar-refractivity contribution in [2.45, 2.75) is 40.5 Å². The molecule has 0 atom stereocenters. The zero-order chi connectivity index (χ0) is 12.1. The largest absolute Gasteiger partial charge is 0.362 e. The summed E-state index contributed by atoms with van der Waals surface area (Å²) in [6, 6.07) is 0. The molecule has 1 nitrogen and oxygen atoms in total. The summed E-state index contributed by atoms with van der Waals surface area (Å²) in [6.07, 6.45) is 10.1. The summed E-state index contributed by atoms with van der Waals surface area (Å²) < 4.78 is 0. The molecule has 1 rings (SSSR count). The Balaban J connectivity index is 0. The van der Waals surface area contributed by atoms with Crippen molar-refractivity contribution in [3.63, 3.8) is 0 Å². The van der Waals surface area contributed by atoms with Gasteiger partial charge in [-0.05, 0) is 24.6 Å².